The first kappa shape index (κ1) is 22.5. The molecule has 2 N–H and O–H groups in total. The number of methoxy groups -OCH3 is 2. The summed E-state index contributed by atoms with van der Waals surface area (Å²) in [7, 11) is 3.24. The molecule has 7 nitrogen and oxygen atoms in total. The predicted octanol–water partition coefficient (Wildman–Crippen LogP) is 5.60. The van der Waals surface area contributed by atoms with Crippen molar-refractivity contribution in [1.82, 2.24) is 9.55 Å². The number of hydrogen-bond donors (Lipinski definition) is 2. The van der Waals surface area contributed by atoms with Crippen LogP contribution in [-0.2, 0) is 4.79 Å². The van der Waals surface area contributed by atoms with E-state index in [1.54, 1.807) is 14.2 Å². The second kappa shape index (κ2) is 8.83. The average Bonchev–Trinajstić information content (AvgIpc) is 3.22. The maximum atomic E-state index is 13.9. The first-order chi connectivity index (χ1) is 16.9. The van der Waals surface area contributed by atoms with Crippen LogP contribution in [0.2, 0.25) is 0 Å². The number of nitrogens with one attached hydrogen (secondary N) is 2. The molecule has 0 bridgehead atoms. The zero-order chi connectivity index (χ0) is 24.7. The van der Waals surface area contributed by atoms with Crippen LogP contribution in [0.5, 0.6) is 11.5 Å². The summed E-state index contributed by atoms with van der Waals surface area (Å²) in [5, 5.41) is 6.49. The molecular formula is C28H28N4O3. The van der Waals surface area contributed by atoms with Crippen LogP contribution in [0, 0.1) is 13.8 Å². The van der Waals surface area contributed by atoms with Gasteiger partial charge in [0.2, 0.25) is 5.95 Å². The van der Waals surface area contributed by atoms with E-state index in [9.17, 15) is 4.79 Å². The largest absolute Gasteiger partial charge is 0.497 e. The van der Waals surface area contributed by atoms with Crippen LogP contribution in [0.15, 0.2) is 71.9 Å². The van der Waals surface area contributed by atoms with Gasteiger partial charge in [0.15, 0.2) is 0 Å². The van der Waals surface area contributed by atoms with Crippen LogP contribution < -0.4 is 20.1 Å². The van der Waals surface area contributed by atoms with Gasteiger partial charge in [0.25, 0.3) is 5.91 Å². The number of aromatic nitrogens is 2. The molecule has 0 radical (unpaired) electrons. The third-order valence-corrected chi connectivity index (χ3v) is 6.44. The zero-order valence-electron chi connectivity index (χ0n) is 20.5. The van der Waals surface area contributed by atoms with Gasteiger partial charge in [-0.25, -0.2) is 4.98 Å². The number of benzene rings is 3. The van der Waals surface area contributed by atoms with Crippen LogP contribution in [0.25, 0.3) is 11.0 Å². The molecule has 3 aromatic carbocycles. The Kier molecular flexibility index (Phi) is 5.68. The van der Waals surface area contributed by atoms with Gasteiger partial charge < -0.3 is 20.1 Å². The Morgan fingerprint density at radius 3 is 2.54 bits per heavy atom. The number of hydrogen-bond acceptors (Lipinski definition) is 5. The van der Waals surface area contributed by atoms with E-state index in [1.807, 2.05) is 75.4 Å². The minimum Gasteiger partial charge on any atom is -0.497 e. The lowest BCUT2D eigenvalue weighted by Gasteiger charge is -2.31. The van der Waals surface area contributed by atoms with Crippen molar-refractivity contribution < 1.29 is 14.3 Å². The van der Waals surface area contributed by atoms with Crippen LogP contribution >= 0.6 is 0 Å². The third kappa shape index (κ3) is 3.89. The van der Waals surface area contributed by atoms with E-state index < -0.39 is 6.04 Å². The molecule has 1 aliphatic heterocycles. The van der Waals surface area contributed by atoms with E-state index in [2.05, 4.69) is 21.3 Å². The number of fused-ring (bicyclic) bond motifs is 3. The first-order valence-electron chi connectivity index (χ1n) is 11.5. The molecule has 1 aromatic heterocycles. The summed E-state index contributed by atoms with van der Waals surface area (Å²) in [5.74, 6) is 1.80. The molecule has 1 amide bonds. The summed E-state index contributed by atoms with van der Waals surface area (Å²) in [5.41, 5.74) is 6.85. The second-order valence-corrected chi connectivity index (χ2v) is 8.74. The number of anilines is 2. The van der Waals surface area contributed by atoms with Gasteiger partial charge in [0, 0.05) is 23.0 Å². The van der Waals surface area contributed by atoms with E-state index in [-0.39, 0.29) is 5.91 Å². The highest BCUT2D eigenvalue weighted by Gasteiger charge is 2.36. The Hall–Kier alpha value is -4.26. The molecule has 7 heteroatoms. The lowest BCUT2D eigenvalue weighted by atomic mass is 9.93. The average molecular weight is 469 g/mol. The number of amides is 1. The van der Waals surface area contributed by atoms with E-state index in [0.29, 0.717) is 23.0 Å². The minimum absolute atomic E-state index is 0.187. The molecule has 178 valence electrons. The van der Waals surface area contributed by atoms with Gasteiger partial charge in [-0.3, -0.25) is 9.36 Å². The van der Waals surface area contributed by atoms with E-state index >= 15 is 0 Å². The number of carbonyl (C=O) groups is 1. The number of aryl methyl sites for hydroxylation is 2. The van der Waals surface area contributed by atoms with Crippen LogP contribution in [-0.4, -0.2) is 29.7 Å². The highest BCUT2D eigenvalue weighted by atomic mass is 16.5. The van der Waals surface area contributed by atoms with Crippen LogP contribution in [0.1, 0.15) is 29.7 Å². The van der Waals surface area contributed by atoms with Gasteiger partial charge in [-0.1, -0.05) is 29.8 Å². The third-order valence-electron chi connectivity index (χ3n) is 6.44. The highest BCUT2D eigenvalue weighted by Crippen LogP contribution is 2.43. The Balaban J connectivity index is 1.70. The zero-order valence-corrected chi connectivity index (χ0v) is 20.5. The summed E-state index contributed by atoms with van der Waals surface area (Å²) >= 11 is 0. The molecule has 4 aromatic rings. The Labute approximate surface area is 204 Å². The van der Waals surface area contributed by atoms with Gasteiger partial charge in [0.05, 0.1) is 36.9 Å². The van der Waals surface area contributed by atoms with Crippen molar-refractivity contribution in [2.75, 3.05) is 24.9 Å². The van der Waals surface area contributed by atoms with Gasteiger partial charge in [-0.2, -0.15) is 0 Å². The predicted molar refractivity (Wildman–Crippen MR) is 138 cm³/mol. The molecule has 35 heavy (non-hydrogen) atoms. The molecule has 0 saturated carbocycles. The Morgan fingerprint density at radius 1 is 1.00 bits per heavy atom. The van der Waals surface area contributed by atoms with Crippen molar-refractivity contribution in [1.29, 1.82) is 0 Å². The van der Waals surface area contributed by atoms with Crippen molar-refractivity contribution in [3.63, 3.8) is 0 Å². The molecule has 0 spiro atoms. The number of imidazole rings is 1. The molecule has 2 heterocycles. The van der Waals surface area contributed by atoms with Gasteiger partial charge >= 0.3 is 0 Å². The molecule has 0 saturated heterocycles. The normalized spacial score (nSPS) is 14.9. The van der Waals surface area contributed by atoms with E-state index in [4.69, 9.17) is 14.5 Å². The molecule has 0 unspecified atom stereocenters. The van der Waals surface area contributed by atoms with Gasteiger partial charge in [-0.05, 0) is 56.7 Å². The maximum Gasteiger partial charge on any atom is 0.255 e. The van der Waals surface area contributed by atoms with Crippen molar-refractivity contribution in [3.05, 3.63) is 88.6 Å². The number of rotatable bonds is 5. The molecule has 5 rings (SSSR count). The second-order valence-electron chi connectivity index (χ2n) is 8.74. The van der Waals surface area contributed by atoms with Crippen LogP contribution in [0.4, 0.5) is 11.6 Å². The summed E-state index contributed by atoms with van der Waals surface area (Å²) in [4.78, 5) is 18.7. The summed E-state index contributed by atoms with van der Waals surface area (Å²) in [6.45, 7) is 5.94. The van der Waals surface area contributed by atoms with E-state index in [1.165, 1.54) is 0 Å². The smallest absolute Gasteiger partial charge is 0.255 e. The summed E-state index contributed by atoms with van der Waals surface area (Å²) < 4.78 is 13.2. The van der Waals surface area contributed by atoms with Crippen LogP contribution in [0.3, 0.4) is 0 Å². The molecular weight excluding hydrogens is 440 g/mol. The van der Waals surface area contributed by atoms with E-state index in [0.717, 1.165) is 39.1 Å². The van der Waals surface area contributed by atoms with Crippen molar-refractivity contribution in [3.8, 4) is 11.5 Å². The lowest BCUT2D eigenvalue weighted by molar-refractivity contribution is -0.113. The molecule has 0 fully saturated rings. The van der Waals surface area contributed by atoms with Crippen molar-refractivity contribution >= 4 is 28.6 Å². The Morgan fingerprint density at radius 2 is 1.80 bits per heavy atom. The number of para-hydroxylation sites is 2. The summed E-state index contributed by atoms with van der Waals surface area (Å²) in [6, 6.07) is 19.1. The van der Waals surface area contributed by atoms with Crippen molar-refractivity contribution in [2.24, 2.45) is 0 Å². The minimum atomic E-state index is -0.467. The fraction of sp³-hybridized carbons (Fsp3) is 0.214. The van der Waals surface area contributed by atoms with Gasteiger partial charge in [0.1, 0.15) is 11.5 Å². The molecule has 1 atom stereocenters. The number of allylic oxidation sites excluding steroid dienone is 1. The monoisotopic (exact) mass is 468 g/mol. The lowest BCUT2D eigenvalue weighted by Crippen LogP contribution is -2.31. The number of ether oxygens (including phenoxy) is 2. The fourth-order valence-corrected chi connectivity index (χ4v) is 4.74. The topological polar surface area (TPSA) is 77.4 Å². The first-order valence-corrected chi connectivity index (χ1v) is 11.5. The van der Waals surface area contributed by atoms with Crippen molar-refractivity contribution in [2.45, 2.75) is 26.8 Å². The van der Waals surface area contributed by atoms with Gasteiger partial charge in [-0.15, -0.1) is 0 Å². The Bertz CT molecular complexity index is 1490. The molecule has 1 aliphatic rings. The number of nitrogens with zero attached hydrogens (tertiary/aromatic N) is 2. The standard InChI is InChI=1S/C28H28N4O3/c1-16-10-13-21(17(2)14-16)30-27(33)25-18(3)29-28-31-22-8-6-7-9-23(22)32(28)26(25)20-12-11-19(34-4)15-24(20)35-5/h6-15,26H,1-5H3,(H,29,31)(H,30,33)/t26-/m0/s1. The quantitative estimate of drug-likeness (QED) is 0.399. The maximum absolute atomic E-state index is 13.9. The highest BCUT2D eigenvalue weighted by molar-refractivity contribution is 6.07. The number of carbonyl (C=O) groups excluding carboxylic acids is 1. The molecule has 0 aliphatic carbocycles. The summed E-state index contributed by atoms with van der Waals surface area (Å²) in [6.07, 6.45) is 0. The SMILES string of the molecule is COc1ccc([C@H]2C(C(=O)Nc3ccc(C)cc3C)=C(C)Nc3nc4ccccc4n32)c(OC)c1. The fourth-order valence-electron chi connectivity index (χ4n) is 4.74.